The van der Waals surface area contributed by atoms with Crippen LogP contribution in [-0.4, -0.2) is 16.4 Å². The van der Waals surface area contributed by atoms with Crippen LogP contribution in [0.4, 0.5) is 11.4 Å². The molecule has 2 aromatic rings. The zero-order chi connectivity index (χ0) is 14.1. The molecule has 0 unspecified atom stereocenters. The Bertz CT molecular complexity index is 636. The maximum Gasteiger partial charge on any atom is 0.0593 e. The second-order valence-corrected chi connectivity index (χ2v) is 5.42. The molecule has 4 nitrogen and oxygen atoms in total. The predicted octanol–water partition coefficient (Wildman–Crippen LogP) is 2.11. The molecule has 1 aromatic heterocycles. The fourth-order valence-corrected chi connectivity index (χ4v) is 2.76. The van der Waals surface area contributed by atoms with Crippen LogP contribution in [0.1, 0.15) is 22.4 Å². The molecule has 104 valence electrons. The van der Waals surface area contributed by atoms with Crippen LogP contribution in [0.3, 0.4) is 0 Å². The summed E-state index contributed by atoms with van der Waals surface area (Å²) in [7, 11) is 0. The number of rotatable bonds is 2. The van der Waals surface area contributed by atoms with Crippen LogP contribution >= 0.6 is 0 Å². The molecular formula is C16H20N4. The van der Waals surface area contributed by atoms with Gasteiger partial charge in [0.15, 0.2) is 0 Å². The summed E-state index contributed by atoms with van der Waals surface area (Å²) in [6.07, 6.45) is 2.83. The summed E-state index contributed by atoms with van der Waals surface area (Å²) in [5.41, 5.74) is 18.5. The Morgan fingerprint density at radius 1 is 1.20 bits per heavy atom. The maximum absolute atomic E-state index is 6.09. The van der Waals surface area contributed by atoms with Gasteiger partial charge in [-0.2, -0.15) is 0 Å². The second kappa shape index (κ2) is 5.13. The van der Waals surface area contributed by atoms with Gasteiger partial charge in [0.05, 0.1) is 5.69 Å². The number of nitrogen functional groups attached to an aromatic ring is 2. The van der Waals surface area contributed by atoms with Crippen LogP contribution in [-0.2, 0) is 19.5 Å². The van der Waals surface area contributed by atoms with E-state index in [1.807, 2.05) is 25.1 Å². The van der Waals surface area contributed by atoms with Crippen molar-refractivity contribution in [2.75, 3.05) is 18.0 Å². The lowest BCUT2D eigenvalue weighted by Gasteiger charge is -2.29. The highest BCUT2D eigenvalue weighted by atomic mass is 15.1. The van der Waals surface area contributed by atoms with Crippen molar-refractivity contribution >= 4 is 11.4 Å². The zero-order valence-corrected chi connectivity index (χ0v) is 11.8. The van der Waals surface area contributed by atoms with Crippen molar-refractivity contribution in [3.63, 3.8) is 0 Å². The highest BCUT2D eigenvalue weighted by Gasteiger charge is 2.19. The van der Waals surface area contributed by atoms with Crippen LogP contribution < -0.4 is 11.5 Å². The first-order valence-electron chi connectivity index (χ1n) is 6.93. The van der Waals surface area contributed by atoms with Gasteiger partial charge in [-0.1, -0.05) is 12.1 Å². The smallest absolute Gasteiger partial charge is 0.0593 e. The van der Waals surface area contributed by atoms with Crippen molar-refractivity contribution < 1.29 is 0 Å². The van der Waals surface area contributed by atoms with Gasteiger partial charge in [0.25, 0.3) is 0 Å². The number of anilines is 2. The number of hydrogen-bond donors (Lipinski definition) is 2. The minimum absolute atomic E-state index is 0.812. The van der Waals surface area contributed by atoms with Gasteiger partial charge in [-0.15, -0.1) is 0 Å². The van der Waals surface area contributed by atoms with Crippen LogP contribution in [0.2, 0.25) is 0 Å². The van der Waals surface area contributed by atoms with E-state index >= 15 is 0 Å². The van der Waals surface area contributed by atoms with Gasteiger partial charge < -0.3 is 11.5 Å². The molecule has 0 bridgehead atoms. The van der Waals surface area contributed by atoms with Crippen molar-refractivity contribution in [1.29, 1.82) is 0 Å². The molecule has 1 aromatic carbocycles. The van der Waals surface area contributed by atoms with Gasteiger partial charge in [0.2, 0.25) is 0 Å². The molecule has 0 saturated heterocycles. The average Bonchev–Trinajstić information content (AvgIpc) is 2.45. The normalized spacial score (nSPS) is 15.1. The number of pyridine rings is 1. The minimum Gasteiger partial charge on any atom is -0.398 e. The zero-order valence-electron chi connectivity index (χ0n) is 11.8. The first-order valence-corrected chi connectivity index (χ1v) is 6.93. The van der Waals surface area contributed by atoms with Crippen LogP contribution in [0.25, 0.3) is 0 Å². The second-order valence-electron chi connectivity index (χ2n) is 5.42. The number of hydrogen-bond acceptors (Lipinski definition) is 4. The summed E-state index contributed by atoms with van der Waals surface area (Å²) in [6, 6.07) is 8.04. The molecule has 0 saturated carbocycles. The summed E-state index contributed by atoms with van der Waals surface area (Å²) in [5.74, 6) is 0. The Kier molecular flexibility index (Phi) is 3.32. The topological polar surface area (TPSA) is 68.2 Å². The fourth-order valence-electron chi connectivity index (χ4n) is 2.76. The third-order valence-electron chi connectivity index (χ3n) is 4.11. The summed E-state index contributed by atoms with van der Waals surface area (Å²) in [4.78, 5) is 6.84. The molecule has 4 heteroatoms. The molecule has 0 radical (unpaired) electrons. The van der Waals surface area contributed by atoms with Gasteiger partial charge in [-0.3, -0.25) is 9.88 Å². The molecule has 3 rings (SSSR count). The molecule has 20 heavy (non-hydrogen) atoms. The Balaban J connectivity index is 1.81. The number of fused-ring (bicyclic) bond motifs is 1. The number of aromatic nitrogens is 1. The third-order valence-corrected chi connectivity index (χ3v) is 4.11. The third kappa shape index (κ3) is 2.34. The molecule has 0 aliphatic carbocycles. The SMILES string of the molecule is Cc1c(N)ccnc1CN1CCc2cccc(N)c2C1. The molecule has 1 aliphatic rings. The van der Waals surface area contributed by atoms with Crippen molar-refractivity contribution in [1.82, 2.24) is 9.88 Å². The number of nitrogens with zero attached hydrogens (tertiary/aromatic N) is 2. The van der Waals surface area contributed by atoms with E-state index in [9.17, 15) is 0 Å². The molecular weight excluding hydrogens is 248 g/mol. The van der Waals surface area contributed by atoms with Crippen LogP contribution in [0.5, 0.6) is 0 Å². The predicted molar refractivity (Wildman–Crippen MR) is 82.1 cm³/mol. The molecule has 0 atom stereocenters. The molecule has 4 N–H and O–H groups in total. The molecule has 0 spiro atoms. The Morgan fingerprint density at radius 2 is 2.05 bits per heavy atom. The van der Waals surface area contributed by atoms with Gasteiger partial charge in [-0.05, 0) is 42.2 Å². The molecule has 0 fully saturated rings. The van der Waals surface area contributed by atoms with E-state index in [0.717, 1.165) is 48.7 Å². The van der Waals surface area contributed by atoms with Crippen molar-refractivity contribution in [3.05, 3.63) is 52.8 Å². The lowest BCUT2D eigenvalue weighted by Crippen LogP contribution is -2.31. The van der Waals surface area contributed by atoms with Crippen LogP contribution in [0.15, 0.2) is 30.5 Å². The van der Waals surface area contributed by atoms with Gasteiger partial charge >= 0.3 is 0 Å². The summed E-state index contributed by atoms with van der Waals surface area (Å²) >= 11 is 0. The first-order chi connectivity index (χ1) is 9.65. The lowest BCUT2D eigenvalue weighted by atomic mass is 9.98. The Labute approximate surface area is 119 Å². The quantitative estimate of drug-likeness (QED) is 0.819. The van der Waals surface area contributed by atoms with Gasteiger partial charge in [0, 0.05) is 37.2 Å². The van der Waals surface area contributed by atoms with E-state index in [-0.39, 0.29) is 0 Å². The largest absolute Gasteiger partial charge is 0.398 e. The number of nitrogens with two attached hydrogens (primary N) is 2. The standard InChI is InChI=1S/C16H20N4/c1-11-14(17)5-7-19-16(11)10-20-8-6-12-3-2-4-15(18)13(12)9-20/h2-5,7H,6,8-10,18H2,1H3,(H2,17,19). The molecule has 0 amide bonds. The van der Waals surface area contributed by atoms with E-state index in [2.05, 4.69) is 16.0 Å². The van der Waals surface area contributed by atoms with Crippen molar-refractivity contribution in [2.24, 2.45) is 0 Å². The average molecular weight is 268 g/mol. The Hall–Kier alpha value is -2.07. The highest BCUT2D eigenvalue weighted by molar-refractivity contribution is 5.52. The van der Waals surface area contributed by atoms with E-state index < -0.39 is 0 Å². The van der Waals surface area contributed by atoms with E-state index in [4.69, 9.17) is 11.5 Å². The number of benzene rings is 1. The van der Waals surface area contributed by atoms with Gasteiger partial charge in [0.1, 0.15) is 0 Å². The van der Waals surface area contributed by atoms with E-state index in [0.29, 0.717) is 0 Å². The first kappa shape index (κ1) is 12.9. The molecule has 2 heterocycles. The lowest BCUT2D eigenvalue weighted by molar-refractivity contribution is 0.243. The summed E-state index contributed by atoms with van der Waals surface area (Å²) in [6.45, 7) is 4.78. The van der Waals surface area contributed by atoms with E-state index in [1.54, 1.807) is 6.20 Å². The summed E-state index contributed by atoms with van der Waals surface area (Å²) < 4.78 is 0. The minimum atomic E-state index is 0.812. The van der Waals surface area contributed by atoms with Crippen molar-refractivity contribution in [2.45, 2.75) is 26.4 Å². The van der Waals surface area contributed by atoms with Crippen molar-refractivity contribution in [3.8, 4) is 0 Å². The Morgan fingerprint density at radius 3 is 2.90 bits per heavy atom. The molecule has 1 aliphatic heterocycles. The monoisotopic (exact) mass is 268 g/mol. The summed E-state index contributed by atoms with van der Waals surface area (Å²) in [5, 5.41) is 0. The fraction of sp³-hybridized carbons (Fsp3) is 0.312. The van der Waals surface area contributed by atoms with Gasteiger partial charge in [-0.25, -0.2) is 0 Å². The maximum atomic E-state index is 6.09. The highest BCUT2D eigenvalue weighted by Crippen LogP contribution is 2.25. The van der Waals surface area contributed by atoms with E-state index in [1.165, 1.54) is 11.1 Å². The van der Waals surface area contributed by atoms with Crippen LogP contribution in [0, 0.1) is 6.92 Å².